The highest BCUT2D eigenvalue weighted by Gasteiger charge is 2.32. The Morgan fingerprint density at radius 3 is 2.26 bits per heavy atom. The minimum absolute atomic E-state index is 0.136. The molecule has 0 saturated carbocycles. The third-order valence-electron chi connectivity index (χ3n) is 3.44. The summed E-state index contributed by atoms with van der Waals surface area (Å²) in [6.45, 7) is 1.73. The fourth-order valence-corrected chi connectivity index (χ4v) is 2.18. The number of nitrogens with zero attached hydrogens (tertiary/aromatic N) is 3. The van der Waals surface area contributed by atoms with Gasteiger partial charge in [0, 0.05) is 25.1 Å². The van der Waals surface area contributed by atoms with Crippen LogP contribution >= 0.6 is 0 Å². The first kappa shape index (κ1) is 13.7. The predicted molar refractivity (Wildman–Crippen MR) is 71.7 cm³/mol. The molecule has 0 radical (unpaired) electrons. The van der Waals surface area contributed by atoms with E-state index in [1.165, 1.54) is 0 Å². The maximum Gasteiger partial charge on any atom is 0.0837 e. The molecule has 0 aliphatic heterocycles. The van der Waals surface area contributed by atoms with Crippen LogP contribution in [0.1, 0.15) is 16.8 Å². The van der Waals surface area contributed by atoms with E-state index in [1.54, 1.807) is 17.9 Å². The van der Waals surface area contributed by atoms with Gasteiger partial charge in [0.15, 0.2) is 0 Å². The van der Waals surface area contributed by atoms with Crippen LogP contribution in [0.4, 0.5) is 0 Å². The number of benzene rings is 1. The summed E-state index contributed by atoms with van der Waals surface area (Å²) in [6, 6.07) is 7.84. The van der Waals surface area contributed by atoms with Crippen LogP contribution in [0.2, 0.25) is 0 Å². The molecule has 0 spiro atoms. The van der Waals surface area contributed by atoms with Crippen molar-refractivity contribution in [2.45, 2.75) is 18.8 Å². The molecule has 5 nitrogen and oxygen atoms in total. The van der Waals surface area contributed by atoms with Crippen LogP contribution < -0.4 is 0 Å². The van der Waals surface area contributed by atoms with Gasteiger partial charge in [-0.05, 0) is 12.5 Å². The van der Waals surface area contributed by atoms with Gasteiger partial charge in [-0.3, -0.25) is 4.68 Å². The third kappa shape index (κ3) is 2.83. The molecule has 2 aromatic rings. The standard InChI is InChI=1S/C14H19N3O2/c1-11-3-5-12(6-4-11)14(9-18,10-19)7-13-8-17(2)16-15-13/h3-6,8,18-19H,7,9-10H2,1-2H3. The fourth-order valence-electron chi connectivity index (χ4n) is 2.18. The summed E-state index contributed by atoms with van der Waals surface area (Å²) in [5.41, 5.74) is 2.09. The molecule has 102 valence electrons. The Morgan fingerprint density at radius 2 is 1.79 bits per heavy atom. The number of aromatic nitrogens is 3. The molecule has 0 bridgehead atoms. The van der Waals surface area contributed by atoms with Gasteiger partial charge in [-0.2, -0.15) is 0 Å². The van der Waals surface area contributed by atoms with Crippen molar-refractivity contribution in [3.63, 3.8) is 0 Å². The first-order valence-corrected chi connectivity index (χ1v) is 6.24. The molecule has 1 aromatic carbocycles. The van der Waals surface area contributed by atoms with Gasteiger partial charge < -0.3 is 10.2 Å². The van der Waals surface area contributed by atoms with E-state index >= 15 is 0 Å². The Kier molecular flexibility index (Phi) is 3.97. The quantitative estimate of drug-likeness (QED) is 0.826. The second-order valence-electron chi connectivity index (χ2n) is 5.02. The highest BCUT2D eigenvalue weighted by atomic mass is 16.3. The highest BCUT2D eigenvalue weighted by Crippen LogP contribution is 2.27. The van der Waals surface area contributed by atoms with Gasteiger partial charge in [-0.15, -0.1) is 5.10 Å². The smallest absolute Gasteiger partial charge is 0.0837 e. The average Bonchev–Trinajstić information content (AvgIpc) is 2.82. The van der Waals surface area contributed by atoms with Crippen molar-refractivity contribution in [1.29, 1.82) is 0 Å². The van der Waals surface area contributed by atoms with Crippen molar-refractivity contribution in [2.75, 3.05) is 13.2 Å². The summed E-state index contributed by atoms with van der Waals surface area (Å²) in [7, 11) is 1.79. The monoisotopic (exact) mass is 261 g/mol. The van der Waals surface area contributed by atoms with Crippen LogP contribution in [-0.2, 0) is 18.9 Å². The Labute approximate surface area is 112 Å². The zero-order chi connectivity index (χ0) is 13.9. The van der Waals surface area contributed by atoms with Crippen LogP contribution in [0.3, 0.4) is 0 Å². The van der Waals surface area contributed by atoms with E-state index < -0.39 is 5.41 Å². The molecule has 0 saturated heterocycles. The number of aliphatic hydroxyl groups excluding tert-OH is 2. The summed E-state index contributed by atoms with van der Waals surface area (Å²) >= 11 is 0. The van der Waals surface area contributed by atoms with Crippen molar-refractivity contribution < 1.29 is 10.2 Å². The molecule has 5 heteroatoms. The zero-order valence-electron chi connectivity index (χ0n) is 11.2. The first-order valence-electron chi connectivity index (χ1n) is 6.24. The van der Waals surface area contributed by atoms with Crippen LogP contribution in [0.25, 0.3) is 0 Å². The normalized spacial score (nSPS) is 11.8. The van der Waals surface area contributed by atoms with Crippen molar-refractivity contribution in [3.05, 3.63) is 47.3 Å². The Hall–Kier alpha value is -1.72. The maximum absolute atomic E-state index is 9.75. The summed E-state index contributed by atoms with van der Waals surface area (Å²) < 4.78 is 1.62. The molecule has 0 atom stereocenters. The molecule has 1 heterocycles. The van der Waals surface area contributed by atoms with Crippen molar-refractivity contribution in [3.8, 4) is 0 Å². The Bertz CT molecular complexity index is 530. The van der Waals surface area contributed by atoms with Gasteiger partial charge in [0.05, 0.1) is 18.9 Å². The van der Waals surface area contributed by atoms with E-state index in [1.807, 2.05) is 31.2 Å². The molecule has 0 aliphatic rings. The van der Waals surface area contributed by atoms with Gasteiger partial charge in [0.1, 0.15) is 0 Å². The highest BCUT2D eigenvalue weighted by molar-refractivity contribution is 5.30. The molecule has 19 heavy (non-hydrogen) atoms. The van der Waals surface area contributed by atoms with E-state index in [4.69, 9.17) is 0 Å². The number of hydrogen-bond donors (Lipinski definition) is 2. The number of hydrogen-bond acceptors (Lipinski definition) is 4. The molecule has 0 fully saturated rings. The minimum Gasteiger partial charge on any atom is -0.395 e. The minimum atomic E-state index is -0.719. The molecule has 2 rings (SSSR count). The SMILES string of the molecule is Cc1ccc(C(CO)(CO)Cc2cn(C)nn2)cc1. The van der Waals surface area contributed by atoms with Crippen molar-refractivity contribution in [1.82, 2.24) is 15.0 Å². The Morgan fingerprint density at radius 1 is 1.16 bits per heavy atom. The van der Waals surface area contributed by atoms with Crippen LogP contribution in [0.5, 0.6) is 0 Å². The topological polar surface area (TPSA) is 71.2 Å². The lowest BCUT2D eigenvalue weighted by Crippen LogP contribution is -2.37. The maximum atomic E-state index is 9.75. The molecule has 0 unspecified atom stereocenters. The average molecular weight is 261 g/mol. The summed E-state index contributed by atoms with van der Waals surface area (Å²) in [6.07, 6.45) is 2.26. The van der Waals surface area contributed by atoms with Crippen LogP contribution in [0, 0.1) is 6.92 Å². The van der Waals surface area contributed by atoms with Crippen molar-refractivity contribution >= 4 is 0 Å². The molecular weight excluding hydrogens is 242 g/mol. The zero-order valence-corrected chi connectivity index (χ0v) is 11.2. The summed E-state index contributed by atoms with van der Waals surface area (Å²) in [4.78, 5) is 0. The summed E-state index contributed by atoms with van der Waals surface area (Å²) in [5, 5.41) is 27.4. The Balaban J connectivity index is 2.33. The van der Waals surface area contributed by atoms with Gasteiger partial charge in [0.25, 0.3) is 0 Å². The molecular formula is C14H19N3O2. The van der Waals surface area contributed by atoms with E-state index in [-0.39, 0.29) is 13.2 Å². The van der Waals surface area contributed by atoms with Gasteiger partial charge in [0.2, 0.25) is 0 Å². The number of aliphatic hydroxyl groups is 2. The third-order valence-corrected chi connectivity index (χ3v) is 3.44. The lowest BCUT2D eigenvalue weighted by molar-refractivity contribution is 0.115. The summed E-state index contributed by atoms with van der Waals surface area (Å²) in [5.74, 6) is 0. The van der Waals surface area contributed by atoms with Crippen molar-refractivity contribution in [2.24, 2.45) is 7.05 Å². The number of aryl methyl sites for hydroxylation is 2. The van der Waals surface area contributed by atoms with E-state index in [9.17, 15) is 10.2 Å². The first-order chi connectivity index (χ1) is 9.09. The largest absolute Gasteiger partial charge is 0.395 e. The van der Waals surface area contributed by atoms with Gasteiger partial charge in [-0.1, -0.05) is 35.0 Å². The van der Waals surface area contributed by atoms with Crippen LogP contribution in [0.15, 0.2) is 30.5 Å². The molecule has 1 aromatic heterocycles. The van der Waals surface area contributed by atoms with Gasteiger partial charge in [-0.25, -0.2) is 0 Å². The fraction of sp³-hybridized carbons (Fsp3) is 0.429. The second-order valence-corrected chi connectivity index (χ2v) is 5.02. The number of rotatable bonds is 5. The van der Waals surface area contributed by atoms with E-state index in [0.717, 1.165) is 16.8 Å². The lowest BCUT2D eigenvalue weighted by atomic mass is 9.78. The van der Waals surface area contributed by atoms with E-state index in [0.29, 0.717) is 6.42 Å². The van der Waals surface area contributed by atoms with Gasteiger partial charge >= 0.3 is 0 Å². The lowest BCUT2D eigenvalue weighted by Gasteiger charge is -2.29. The predicted octanol–water partition coefficient (Wildman–Crippen LogP) is 0.589. The van der Waals surface area contributed by atoms with E-state index in [2.05, 4.69) is 10.3 Å². The molecule has 0 aliphatic carbocycles. The second kappa shape index (κ2) is 5.50. The van der Waals surface area contributed by atoms with Crippen LogP contribution in [-0.4, -0.2) is 38.4 Å². The molecule has 2 N–H and O–H groups in total. The molecule has 0 amide bonds.